The van der Waals surface area contributed by atoms with Crippen molar-refractivity contribution in [1.29, 1.82) is 0 Å². The zero-order chi connectivity index (χ0) is 15.0. The van der Waals surface area contributed by atoms with Gasteiger partial charge in [0, 0.05) is 17.4 Å². The molecule has 2 heterocycles. The lowest BCUT2D eigenvalue weighted by Crippen LogP contribution is -2.35. The van der Waals surface area contributed by atoms with Gasteiger partial charge in [-0.05, 0) is 44.1 Å². The first kappa shape index (κ1) is 15.2. The fraction of sp³-hybridized carbons (Fsp3) is 0.625. The molecule has 3 rings (SSSR count). The summed E-state index contributed by atoms with van der Waals surface area (Å²) in [5, 5.41) is 1.53. The number of hydrogen-bond acceptors (Lipinski definition) is 4. The lowest BCUT2D eigenvalue weighted by Gasteiger charge is -2.36. The summed E-state index contributed by atoms with van der Waals surface area (Å²) in [6, 6.07) is 2.11. The quantitative estimate of drug-likeness (QED) is 0.748. The predicted molar refractivity (Wildman–Crippen MR) is 88.1 cm³/mol. The first-order valence-electron chi connectivity index (χ1n) is 7.59. The van der Waals surface area contributed by atoms with Gasteiger partial charge in [0.2, 0.25) is 0 Å². The van der Waals surface area contributed by atoms with Gasteiger partial charge in [0.05, 0.1) is 0 Å². The molecular formula is C16H21ClN2OS. The fourth-order valence-electron chi connectivity index (χ4n) is 3.06. The van der Waals surface area contributed by atoms with Crippen LogP contribution in [-0.4, -0.2) is 17.1 Å². The molecule has 1 fully saturated rings. The minimum Gasteiger partial charge on any atom is -0.370 e. The molecule has 0 bridgehead atoms. The van der Waals surface area contributed by atoms with Crippen LogP contribution in [-0.2, 0) is 16.8 Å². The van der Waals surface area contributed by atoms with E-state index in [0.717, 1.165) is 54.1 Å². The Labute approximate surface area is 134 Å². The molecule has 21 heavy (non-hydrogen) atoms. The van der Waals surface area contributed by atoms with Gasteiger partial charge >= 0.3 is 0 Å². The van der Waals surface area contributed by atoms with Gasteiger partial charge in [-0.15, -0.1) is 11.3 Å². The second kappa shape index (κ2) is 5.82. The third kappa shape index (κ3) is 2.69. The van der Waals surface area contributed by atoms with Gasteiger partial charge in [0.15, 0.2) is 5.82 Å². The molecule has 0 radical (unpaired) electrons. The molecule has 3 nitrogen and oxygen atoms in total. The monoisotopic (exact) mass is 324 g/mol. The van der Waals surface area contributed by atoms with E-state index in [0.29, 0.717) is 5.15 Å². The number of aryl methyl sites for hydroxylation is 1. The maximum Gasteiger partial charge on any atom is 0.163 e. The molecule has 0 spiro atoms. The van der Waals surface area contributed by atoms with E-state index in [1.807, 2.05) is 0 Å². The van der Waals surface area contributed by atoms with Crippen LogP contribution in [0, 0.1) is 5.92 Å². The minimum absolute atomic E-state index is 0.360. The molecule has 0 aliphatic heterocycles. The maximum absolute atomic E-state index is 6.40. The molecule has 0 unspecified atom stereocenters. The van der Waals surface area contributed by atoms with Crippen molar-refractivity contribution in [3.63, 3.8) is 0 Å². The van der Waals surface area contributed by atoms with E-state index in [1.165, 1.54) is 4.88 Å². The Bertz CT molecular complexity index is 647. The second-order valence-electron chi connectivity index (χ2n) is 6.00. The Balaban J connectivity index is 2.06. The largest absolute Gasteiger partial charge is 0.370 e. The third-order valence-corrected chi connectivity index (χ3v) is 6.09. The number of aromatic nitrogens is 2. The molecule has 1 saturated carbocycles. The topological polar surface area (TPSA) is 35.0 Å². The zero-order valence-electron chi connectivity index (χ0n) is 12.8. The Kier molecular flexibility index (Phi) is 4.21. The van der Waals surface area contributed by atoms with Gasteiger partial charge in [0.1, 0.15) is 15.6 Å². The normalized spacial score (nSPS) is 26.4. The first-order valence-corrected chi connectivity index (χ1v) is 8.79. The molecule has 114 valence electrons. The number of fused-ring (bicyclic) bond motifs is 1. The second-order valence-corrected chi connectivity index (χ2v) is 7.48. The SMILES string of the molecule is CCc1cc2c(Cl)nc(C3(OC)CCC(C)CC3)nc2s1. The van der Waals surface area contributed by atoms with Crippen molar-refractivity contribution in [3.05, 3.63) is 21.9 Å². The summed E-state index contributed by atoms with van der Waals surface area (Å²) in [7, 11) is 1.77. The van der Waals surface area contributed by atoms with Crippen LogP contribution in [0.3, 0.4) is 0 Å². The summed E-state index contributed by atoms with van der Waals surface area (Å²) >= 11 is 8.11. The van der Waals surface area contributed by atoms with E-state index >= 15 is 0 Å². The molecule has 0 amide bonds. The molecule has 2 aromatic heterocycles. The van der Waals surface area contributed by atoms with Gasteiger partial charge in [-0.2, -0.15) is 0 Å². The van der Waals surface area contributed by atoms with E-state index in [4.69, 9.17) is 21.3 Å². The number of ether oxygens (including phenoxy) is 1. The van der Waals surface area contributed by atoms with E-state index in [9.17, 15) is 0 Å². The molecule has 1 aliphatic carbocycles. The molecule has 5 heteroatoms. The lowest BCUT2D eigenvalue weighted by molar-refractivity contribution is -0.0594. The van der Waals surface area contributed by atoms with Crippen molar-refractivity contribution in [2.45, 2.75) is 51.6 Å². The number of rotatable bonds is 3. The predicted octanol–water partition coefficient (Wildman–Crippen LogP) is 4.96. The average Bonchev–Trinajstić information content (AvgIpc) is 2.92. The van der Waals surface area contributed by atoms with Crippen LogP contribution in [0.15, 0.2) is 6.07 Å². The number of nitrogens with zero attached hydrogens (tertiary/aromatic N) is 2. The molecule has 0 atom stereocenters. The highest BCUT2D eigenvalue weighted by Gasteiger charge is 2.39. The molecular weight excluding hydrogens is 304 g/mol. The van der Waals surface area contributed by atoms with Crippen molar-refractivity contribution < 1.29 is 4.74 Å². The van der Waals surface area contributed by atoms with E-state index in [1.54, 1.807) is 18.4 Å². The van der Waals surface area contributed by atoms with Gasteiger partial charge in [-0.1, -0.05) is 25.4 Å². The summed E-state index contributed by atoms with van der Waals surface area (Å²) in [6.45, 7) is 4.44. The Morgan fingerprint density at radius 3 is 2.71 bits per heavy atom. The van der Waals surface area contributed by atoms with Gasteiger partial charge < -0.3 is 4.74 Å². The van der Waals surface area contributed by atoms with Gasteiger partial charge in [-0.3, -0.25) is 0 Å². The van der Waals surface area contributed by atoms with Crippen molar-refractivity contribution in [1.82, 2.24) is 9.97 Å². The van der Waals surface area contributed by atoms with Crippen LogP contribution < -0.4 is 0 Å². The van der Waals surface area contributed by atoms with Crippen molar-refractivity contribution >= 4 is 33.2 Å². The van der Waals surface area contributed by atoms with Crippen LogP contribution >= 0.6 is 22.9 Å². The van der Waals surface area contributed by atoms with Gasteiger partial charge in [-0.25, -0.2) is 9.97 Å². The summed E-state index contributed by atoms with van der Waals surface area (Å²) in [5.74, 6) is 1.51. The van der Waals surface area contributed by atoms with E-state index in [2.05, 4.69) is 24.9 Å². The zero-order valence-corrected chi connectivity index (χ0v) is 14.4. The van der Waals surface area contributed by atoms with Crippen LogP contribution in [0.1, 0.15) is 50.2 Å². The standard InChI is InChI=1S/C16H21ClN2OS/c1-4-11-9-12-13(17)18-15(19-14(12)21-11)16(20-3)7-5-10(2)6-8-16/h9-10H,4-8H2,1-3H3. The van der Waals surface area contributed by atoms with Crippen molar-refractivity contribution in [3.8, 4) is 0 Å². The van der Waals surface area contributed by atoms with E-state index in [-0.39, 0.29) is 5.60 Å². The van der Waals surface area contributed by atoms with Crippen LogP contribution in [0.5, 0.6) is 0 Å². The van der Waals surface area contributed by atoms with Crippen LogP contribution in [0.4, 0.5) is 0 Å². The Morgan fingerprint density at radius 2 is 2.10 bits per heavy atom. The smallest absolute Gasteiger partial charge is 0.163 e. The number of thiophene rings is 1. The minimum atomic E-state index is -0.360. The number of halogens is 1. The Morgan fingerprint density at radius 1 is 1.38 bits per heavy atom. The highest BCUT2D eigenvalue weighted by atomic mass is 35.5. The maximum atomic E-state index is 6.40. The van der Waals surface area contributed by atoms with Crippen LogP contribution in [0.25, 0.3) is 10.2 Å². The summed E-state index contributed by atoms with van der Waals surface area (Å²) in [5.41, 5.74) is -0.360. The van der Waals surface area contributed by atoms with Crippen LogP contribution in [0.2, 0.25) is 5.15 Å². The third-order valence-electron chi connectivity index (χ3n) is 4.63. The average molecular weight is 325 g/mol. The van der Waals surface area contributed by atoms with Crippen molar-refractivity contribution in [2.75, 3.05) is 7.11 Å². The summed E-state index contributed by atoms with van der Waals surface area (Å²) < 4.78 is 5.87. The highest BCUT2D eigenvalue weighted by Crippen LogP contribution is 2.42. The lowest BCUT2D eigenvalue weighted by atomic mass is 9.79. The highest BCUT2D eigenvalue weighted by molar-refractivity contribution is 7.18. The fourth-order valence-corrected chi connectivity index (χ4v) is 4.31. The Hall–Kier alpha value is -0.710. The molecule has 0 saturated heterocycles. The number of hydrogen-bond donors (Lipinski definition) is 0. The van der Waals surface area contributed by atoms with Gasteiger partial charge in [0.25, 0.3) is 0 Å². The molecule has 1 aliphatic rings. The molecule has 2 aromatic rings. The first-order chi connectivity index (χ1) is 10.1. The molecule has 0 N–H and O–H groups in total. The number of methoxy groups -OCH3 is 1. The van der Waals surface area contributed by atoms with E-state index < -0.39 is 0 Å². The summed E-state index contributed by atoms with van der Waals surface area (Å²) in [4.78, 5) is 11.6. The van der Waals surface area contributed by atoms with Crippen molar-refractivity contribution in [2.24, 2.45) is 5.92 Å². The molecule has 0 aromatic carbocycles. The summed E-state index contributed by atoms with van der Waals surface area (Å²) in [6.07, 6.45) is 5.24.